The summed E-state index contributed by atoms with van der Waals surface area (Å²) in [6.45, 7) is 8.69. The lowest BCUT2D eigenvalue weighted by atomic mass is 9.83. The fourth-order valence-corrected chi connectivity index (χ4v) is 6.96. The number of carbonyl (C=O) groups excluding carboxylic acids is 2. The number of nitrogens with zero attached hydrogens (tertiary/aromatic N) is 4. The number of rotatable bonds is 7. The molecule has 4 aliphatic rings. The average molecular weight is 499 g/mol. The van der Waals surface area contributed by atoms with Crippen LogP contribution in [0.3, 0.4) is 0 Å². The maximum absolute atomic E-state index is 13.8. The molecule has 188 valence electrons. The highest BCUT2D eigenvalue weighted by molar-refractivity contribution is 7.10. The summed E-state index contributed by atoms with van der Waals surface area (Å²) in [6.07, 6.45) is 8.49. The summed E-state index contributed by atoms with van der Waals surface area (Å²) in [7, 11) is 0. The molecule has 1 unspecified atom stereocenters. The summed E-state index contributed by atoms with van der Waals surface area (Å²) in [4.78, 5) is 38.5. The van der Waals surface area contributed by atoms with Gasteiger partial charge in [-0.3, -0.25) is 14.7 Å². The number of nitrogens with one attached hydrogen (secondary N) is 1. The van der Waals surface area contributed by atoms with E-state index < -0.39 is 5.54 Å². The minimum Gasteiger partial charge on any atom is -0.454 e. The average Bonchev–Trinajstić information content (AvgIpc) is 3.41. The van der Waals surface area contributed by atoms with Gasteiger partial charge in [-0.2, -0.15) is 0 Å². The summed E-state index contributed by atoms with van der Waals surface area (Å²) in [6, 6.07) is 4.07. The largest absolute Gasteiger partial charge is 0.454 e. The van der Waals surface area contributed by atoms with Crippen molar-refractivity contribution in [1.82, 2.24) is 14.9 Å². The molecule has 4 fully saturated rings. The van der Waals surface area contributed by atoms with Crippen LogP contribution in [0, 0.1) is 12.8 Å². The summed E-state index contributed by atoms with van der Waals surface area (Å²) in [5.41, 5.74) is 0.0548. The van der Waals surface area contributed by atoms with Crippen molar-refractivity contribution < 1.29 is 18.8 Å². The number of quaternary nitrogens is 1. The van der Waals surface area contributed by atoms with Gasteiger partial charge in [0, 0.05) is 23.6 Å². The number of aryl methyl sites for hydroxylation is 1. The molecule has 6 rings (SSSR count). The maximum atomic E-state index is 13.8. The molecule has 0 aromatic carbocycles. The second kappa shape index (κ2) is 9.95. The van der Waals surface area contributed by atoms with E-state index in [4.69, 9.17) is 4.74 Å². The number of esters is 1. The molecule has 35 heavy (non-hydrogen) atoms. The molecule has 8 nitrogen and oxygen atoms in total. The number of likely N-dealkylation sites (tertiary alicyclic amines) is 1. The van der Waals surface area contributed by atoms with Gasteiger partial charge in [0.15, 0.2) is 24.0 Å². The van der Waals surface area contributed by atoms with E-state index in [1.54, 1.807) is 23.7 Å². The number of ether oxygens (including phenoxy) is 1. The summed E-state index contributed by atoms with van der Waals surface area (Å²) in [5, 5.41) is 4.93. The van der Waals surface area contributed by atoms with Crippen LogP contribution in [-0.2, 0) is 19.9 Å². The number of carbonyl (C=O) groups is 2. The molecule has 1 N–H and O–H groups in total. The maximum Gasteiger partial charge on any atom is 0.332 e. The van der Waals surface area contributed by atoms with Crippen LogP contribution in [0.2, 0.25) is 0 Å². The first-order valence-corrected chi connectivity index (χ1v) is 13.7. The van der Waals surface area contributed by atoms with Gasteiger partial charge in [0.05, 0.1) is 31.2 Å². The summed E-state index contributed by atoms with van der Waals surface area (Å²) >= 11 is 1.63. The van der Waals surface area contributed by atoms with Crippen molar-refractivity contribution >= 4 is 29.0 Å². The first-order chi connectivity index (χ1) is 16.9. The Morgan fingerprint density at radius 1 is 1.20 bits per heavy atom. The molecule has 0 aliphatic carbocycles. The van der Waals surface area contributed by atoms with E-state index in [9.17, 15) is 9.59 Å². The molecule has 0 spiro atoms. The predicted octanol–water partition coefficient (Wildman–Crippen LogP) is 3.34. The van der Waals surface area contributed by atoms with Gasteiger partial charge in [0.1, 0.15) is 6.54 Å². The Hall–Kier alpha value is -2.36. The number of thiophene rings is 1. The Morgan fingerprint density at radius 3 is 2.63 bits per heavy atom. The van der Waals surface area contributed by atoms with Crippen LogP contribution in [0.1, 0.15) is 49.6 Å². The zero-order valence-electron chi connectivity index (χ0n) is 20.7. The third kappa shape index (κ3) is 4.99. The number of piperidine rings is 4. The lowest BCUT2D eigenvalue weighted by Gasteiger charge is -2.52. The molecule has 2 aromatic heterocycles. The summed E-state index contributed by atoms with van der Waals surface area (Å²) in [5.74, 6) is 0.643. The Kier molecular flexibility index (Phi) is 6.92. The third-order valence-corrected chi connectivity index (χ3v) is 9.30. The van der Waals surface area contributed by atoms with E-state index >= 15 is 0 Å². The van der Waals surface area contributed by atoms with Gasteiger partial charge in [-0.05, 0) is 51.2 Å². The molecule has 4 aliphatic heterocycles. The quantitative estimate of drug-likeness (QED) is 0.466. The molecular formula is C26H36N5O3S+. The predicted molar refractivity (Wildman–Crippen MR) is 135 cm³/mol. The van der Waals surface area contributed by atoms with Crippen molar-refractivity contribution in [2.24, 2.45) is 5.92 Å². The molecule has 4 saturated heterocycles. The van der Waals surface area contributed by atoms with Gasteiger partial charge < -0.3 is 14.5 Å². The molecule has 9 heteroatoms. The lowest BCUT2D eigenvalue weighted by molar-refractivity contribution is -0.939. The number of fused-ring (bicyclic) bond motifs is 3. The monoisotopic (exact) mass is 498 g/mol. The molecule has 1 amide bonds. The van der Waals surface area contributed by atoms with E-state index in [2.05, 4.69) is 26.3 Å². The first kappa shape index (κ1) is 24.3. The highest BCUT2D eigenvalue weighted by Crippen LogP contribution is 2.39. The number of amides is 1. The van der Waals surface area contributed by atoms with Gasteiger partial charge in [0.2, 0.25) is 0 Å². The van der Waals surface area contributed by atoms with Gasteiger partial charge in [-0.15, -0.1) is 11.3 Å². The Morgan fingerprint density at radius 2 is 1.97 bits per heavy atom. The first-order valence-electron chi connectivity index (χ1n) is 12.8. The van der Waals surface area contributed by atoms with Crippen molar-refractivity contribution in [2.45, 2.75) is 57.6 Å². The van der Waals surface area contributed by atoms with E-state index in [1.165, 1.54) is 6.42 Å². The van der Waals surface area contributed by atoms with Crippen LogP contribution in [0.5, 0.6) is 0 Å². The highest BCUT2D eigenvalue weighted by atomic mass is 32.1. The molecule has 6 heterocycles. The van der Waals surface area contributed by atoms with Gasteiger partial charge in [-0.1, -0.05) is 12.5 Å². The van der Waals surface area contributed by atoms with Crippen molar-refractivity contribution in [3.8, 4) is 0 Å². The summed E-state index contributed by atoms with van der Waals surface area (Å²) < 4.78 is 7.03. The second-order valence-electron chi connectivity index (χ2n) is 10.6. The van der Waals surface area contributed by atoms with E-state index in [-0.39, 0.29) is 18.0 Å². The number of anilines is 1. The van der Waals surface area contributed by atoms with Crippen LogP contribution in [0.25, 0.3) is 0 Å². The van der Waals surface area contributed by atoms with Gasteiger partial charge in [-0.25, -0.2) is 9.78 Å². The van der Waals surface area contributed by atoms with Crippen LogP contribution in [0.15, 0.2) is 29.9 Å². The van der Waals surface area contributed by atoms with Gasteiger partial charge in [0.25, 0.3) is 5.91 Å². The Balaban J connectivity index is 1.28. The molecule has 0 radical (unpaired) electrons. The lowest BCUT2D eigenvalue weighted by Crippen LogP contribution is -2.66. The Bertz CT molecular complexity index is 1030. The normalized spacial score (nSPS) is 28.3. The number of hydrogen-bond acceptors (Lipinski definition) is 7. The smallest absolute Gasteiger partial charge is 0.332 e. The van der Waals surface area contributed by atoms with Crippen LogP contribution < -0.4 is 5.32 Å². The zero-order chi connectivity index (χ0) is 24.5. The van der Waals surface area contributed by atoms with Crippen molar-refractivity contribution in [2.75, 3.05) is 44.6 Å². The molecule has 2 atom stereocenters. The standard InChI is InChI=1S/C26H35N5O3S/c1-19-15-28-23(16-27-19)29-24(32)18-31-12-8-20(9-13-31)21(17-31)34-25(33)26(2,22-7-6-14-35-22)30-10-4-3-5-11-30/h6-7,14-16,20-21H,3-5,8-13,17-18H2,1-2H3/p+1/t20?,21-,26?,31?/m0/s1. The van der Waals surface area contributed by atoms with Crippen molar-refractivity contribution in [3.63, 3.8) is 0 Å². The van der Waals surface area contributed by atoms with E-state index in [0.29, 0.717) is 29.3 Å². The third-order valence-electron chi connectivity index (χ3n) is 8.21. The molecule has 2 bridgehead atoms. The SMILES string of the molecule is Cc1cnc(NC(=O)C[N+]23CCC(CC2)[C@@H](OC(=O)C(C)(c2cccs2)N2CCCCC2)C3)cn1. The Labute approximate surface area is 211 Å². The minimum absolute atomic E-state index is 0.0645. The van der Waals surface area contributed by atoms with Crippen LogP contribution in [0.4, 0.5) is 5.82 Å². The van der Waals surface area contributed by atoms with Crippen molar-refractivity contribution in [3.05, 3.63) is 40.5 Å². The minimum atomic E-state index is -0.757. The van der Waals surface area contributed by atoms with Crippen molar-refractivity contribution in [1.29, 1.82) is 0 Å². The van der Waals surface area contributed by atoms with E-state index in [0.717, 1.165) is 62.4 Å². The molecule has 0 saturated carbocycles. The molecule has 2 aromatic rings. The van der Waals surface area contributed by atoms with Crippen LogP contribution in [-0.4, -0.2) is 76.6 Å². The van der Waals surface area contributed by atoms with Crippen LogP contribution >= 0.6 is 11.3 Å². The zero-order valence-corrected chi connectivity index (χ0v) is 21.6. The van der Waals surface area contributed by atoms with E-state index in [1.807, 2.05) is 25.3 Å². The topological polar surface area (TPSA) is 84.4 Å². The van der Waals surface area contributed by atoms with Gasteiger partial charge >= 0.3 is 5.97 Å². The second-order valence-corrected chi connectivity index (χ2v) is 11.5. The number of hydrogen-bond donors (Lipinski definition) is 1. The fraction of sp³-hybridized carbons (Fsp3) is 0.615. The fourth-order valence-electron chi connectivity index (χ4n) is 6.06. The highest BCUT2D eigenvalue weighted by Gasteiger charge is 2.51. The number of aromatic nitrogens is 2. The molecular weight excluding hydrogens is 462 g/mol.